The molecule has 0 aliphatic heterocycles. The van der Waals surface area contributed by atoms with Gasteiger partial charge in [-0.05, 0) is 19.3 Å². The van der Waals surface area contributed by atoms with Crippen LogP contribution in [0, 0.1) is 0 Å². The van der Waals surface area contributed by atoms with Crippen molar-refractivity contribution in [2.24, 2.45) is 0 Å². The van der Waals surface area contributed by atoms with Crippen LogP contribution in [-0.4, -0.2) is 76.5 Å². The minimum atomic E-state index is -0.850. The fraction of sp³-hybridized carbons (Fsp3) is 0.895. The zero-order chi connectivity index (χ0) is 20.0. The molecule has 0 heterocycles. The van der Waals surface area contributed by atoms with Crippen molar-refractivity contribution in [1.82, 2.24) is 0 Å². The van der Waals surface area contributed by atoms with E-state index in [1.165, 1.54) is 12.8 Å². The number of hydrogen-bond donors (Lipinski definition) is 1. The van der Waals surface area contributed by atoms with Gasteiger partial charge in [0, 0.05) is 19.4 Å². The van der Waals surface area contributed by atoms with Gasteiger partial charge >= 0.3 is 11.9 Å². The van der Waals surface area contributed by atoms with Crippen molar-refractivity contribution in [3.63, 3.8) is 0 Å². The van der Waals surface area contributed by atoms with Crippen molar-refractivity contribution in [2.75, 3.05) is 59.5 Å². The highest BCUT2D eigenvalue weighted by atomic mass is 16.6. The smallest absolute Gasteiger partial charge is 0.305 e. The number of unbranched alkanes of at least 4 members (excludes halogenated alkanes) is 3. The van der Waals surface area contributed by atoms with Crippen LogP contribution in [0.3, 0.4) is 0 Å². The van der Waals surface area contributed by atoms with Crippen LogP contribution in [-0.2, 0) is 33.3 Å². The molecule has 0 aliphatic carbocycles. The third kappa shape index (κ3) is 22.7. The second kappa shape index (κ2) is 21.1. The summed E-state index contributed by atoms with van der Waals surface area (Å²) < 4.78 is 26.4. The lowest BCUT2D eigenvalue weighted by Crippen LogP contribution is -2.14. The monoisotopic (exact) mass is 392 g/mol. The van der Waals surface area contributed by atoms with Crippen LogP contribution >= 0.6 is 0 Å². The summed E-state index contributed by atoms with van der Waals surface area (Å²) in [5.41, 5.74) is 0. The average Bonchev–Trinajstić information content (AvgIpc) is 2.64. The van der Waals surface area contributed by atoms with Crippen molar-refractivity contribution in [3.05, 3.63) is 0 Å². The molecule has 0 aromatic heterocycles. The van der Waals surface area contributed by atoms with Gasteiger partial charge in [0.15, 0.2) is 0 Å². The lowest BCUT2D eigenvalue weighted by molar-refractivity contribution is -0.146. The van der Waals surface area contributed by atoms with Gasteiger partial charge in [-0.1, -0.05) is 19.8 Å². The second-order valence-corrected chi connectivity index (χ2v) is 5.98. The Bertz CT molecular complexity index is 349. The highest BCUT2D eigenvalue weighted by molar-refractivity contribution is 5.69. The summed E-state index contributed by atoms with van der Waals surface area (Å²) in [5.74, 6) is -1.18. The number of carbonyl (C=O) groups is 2. The molecule has 0 rings (SSSR count). The Hall–Kier alpha value is -1.22. The maximum absolute atomic E-state index is 11.4. The normalized spacial score (nSPS) is 10.9. The van der Waals surface area contributed by atoms with Gasteiger partial charge in [-0.25, -0.2) is 0 Å². The summed E-state index contributed by atoms with van der Waals surface area (Å²) in [6.45, 7) is 6.58. The molecule has 0 aliphatic rings. The molecule has 0 radical (unpaired) electrons. The van der Waals surface area contributed by atoms with Crippen molar-refractivity contribution in [2.45, 2.75) is 51.9 Å². The van der Waals surface area contributed by atoms with Gasteiger partial charge in [0.2, 0.25) is 0 Å². The Labute approximate surface area is 162 Å². The molecule has 0 aromatic rings. The van der Waals surface area contributed by atoms with Gasteiger partial charge in [-0.15, -0.1) is 0 Å². The zero-order valence-corrected chi connectivity index (χ0v) is 16.6. The van der Waals surface area contributed by atoms with Crippen LogP contribution in [0.5, 0.6) is 0 Å². The number of carboxylic acids is 1. The van der Waals surface area contributed by atoms with Crippen LogP contribution in [0.2, 0.25) is 0 Å². The molecule has 0 aromatic carbocycles. The molecular weight excluding hydrogens is 356 g/mol. The first-order valence-corrected chi connectivity index (χ1v) is 9.85. The van der Waals surface area contributed by atoms with E-state index in [9.17, 15) is 9.59 Å². The maximum atomic E-state index is 11.4. The van der Waals surface area contributed by atoms with E-state index < -0.39 is 5.97 Å². The van der Waals surface area contributed by atoms with Gasteiger partial charge in [0.1, 0.15) is 6.61 Å². The van der Waals surface area contributed by atoms with Gasteiger partial charge in [-0.3, -0.25) is 9.59 Å². The molecule has 160 valence electrons. The molecule has 0 unspecified atom stereocenters. The van der Waals surface area contributed by atoms with Gasteiger partial charge in [-0.2, -0.15) is 0 Å². The Morgan fingerprint density at radius 3 is 1.63 bits per heavy atom. The van der Waals surface area contributed by atoms with Gasteiger partial charge < -0.3 is 28.8 Å². The van der Waals surface area contributed by atoms with Crippen LogP contribution in [0.1, 0.15) is 51.9 Å². The molecule has 0 saturated carbocycles. The lowest BCUT2D eigenvalue weighted by atomic mass is 10.2. The Balaban J connectivity index is 3.12. The topological polar surface area (TPSA) is 101 Å². The molecular formula is C19H36O8. The fourth-order valence-electron chi connectivity index (χ4n) is 2.05. The van der Waals surface area contributed by atoms with E-state index >= 15 is 0 Å². The summed E-state index contributed by atoms with van der Waals surface area (Å²) in [5, 5.41) is 8.48. The average molecular weight is 392 g/mol. The first kappa shape index (κ1) is 25.8. The quantitative estimate of drug-likeness (QED) is 0.235. The number of carboxylic acid groups (broad SMARTS) is 1. The molecule has 0 bridgehead atoms. The minimum Gasteiger partial charge on any atom is -0.481 e. The molecule has 1 N–H and O–H groups in total. The number of esters is 1. The van der Waals surface area contributed by atoms with E-state index in [1.54, 1.807) is 0 Å². The summed E-state index contributed by atoms with van der Waals surface area (Å²) in [6.07, 6.45) is 4.82. The standard InChI is InChI=1S/C19H36O8/c1-2-3-6-9-23-10-11-24-12-13-25-14-15-26-16-17-27-19(22)8-5-4-7-18(20)21/h2-17H2,1H3,(H,20,21). The number of carbonyl (C=O) groups excluding carboxylic acids is 1. The van der Waals surface area contributed by atoms with E-state index in [4.69, 9.17) is 28.8 Å². The van der Waals surface area contributed by atoms with Crippen molar-refractivity contribution < 1.29 is 38.4 Å². The maximum Gasteiger partial charge on any atom is 0.305 e. The van der Waals surface area contributed by atoms with Crippen LogP contribution in [0.15, 0.2) is 0 Å². The summed E-state index contributed by atoms with van der Waals surface area (Å²) in [6, 6.07) is 0. The van der Waals surface area contributed by atoms with Crippen LogP contribution < -0.4 is 0 Å². The molecule has 0 fully saturated rings. The van der Waals surface area contributed by atoms with Crippen LogP contribution in [0.4, 0.5) is 0 Å². The largest absolute Gasteiger partial charge is 0.481 e. The number of hydrogen-bond acceptors (Lipinski definition) is 7. The molecule has 0 spiro atoms. The van der Waals surface area contributed by atoms with E-state index in [0.29, 0.717) is 59.1 Å². The summed E-state index contributed by atoms with van der Waals surface area (Å²) >= 11 is 0. The Kier molecular flexibility index (Phi) is 20.1. The first-order valence-electron chi connectivity index (χ1n) is 9.85. The van der Waals surface area contributed by atoms with E-state index in [2.05, 4.69) is 6.92 Å². The highest BCUT2D eigenvalue weighted by Crippen LogP contribution is 2.01. The predicted octanol–water partition coefficient (Wildman–Crippen LogP) is 2.43. The first-order chi connectivity index (χ1) is 13.2. The molecule has 0 atom stereocenters. The fourth-order valence-corrected chi connectivity index (χ4v) is 2.05. The predicted molar refractivity (Wildman–Crippen MR) is 99.9 cm³/mol. The van der Waals surface area contributed by atoms with Gasteiger partial charge in [0.25, 0.3) is 0 Å². The highest BCUT2D eigenvalue weighted by Gasteiger charge is 2.04. The third-order valence-electron chi connectivity index (χ3n) is 3.52. The minimum absolute atomic E-state index is 0.0776. The Morgan fingerprint density at radius 1 is 0.630 bits per heavy atom. The molecule has 8 heteroatoms. The van der Waals surface area contributed by atoms with Gasteiger partial charge in [0.05, 0.1) is 46.2 Å². The number of ether oxygens (including phenoxy) is 5. The zero-order valence-electron chi connectivity index (χ0n) is 16.6. The molecule has 0 amide bonds. The molecule has 27 heavy (non-hydrogen) atoms. The SMILES string of the molecule is CCCCCOCCOCCOCCOCCOC(=O)CCCCC(=O)O. The van der Waals surface area contributed by atoms with Crippen molar-refractivity contribution >= 4 is 11.9 Å². The van der Waals surface area contributed by atoms with Crippen molar-refractivity contribution in [3.8, 4) is 0 Å². The summed E-state index contributed by atoms with van der Waals surface area (Å²) in [7, 11) is 0. The molecule has 0 saturated heterocycles. The van der Waals surface area contributed by atoms with Crippen molar-refractivity contribution in [1.29, 1.82) is 0 Å². The number of aliphatic carboxylic acids is 1. The summed E-state index contributed by atoms with van der Waals surface area (Å²) in [4.78, 5) is 21.7. The van der Waals surface area contributed by atoms with E-state index in [0.717, 1.165) is 13.0 Å². The third-order valence-corrected chi connectivity index (χ3v) is 3.52. The second-order valence-electron chi connectivity index (χ2n) is 5.98. The van der Waals surface area contributed by atoms with E-state index in [-0.39, 0.29) is 25.4 Å². The Morgan fingerprint density at radius 2 is 1.11 bits per heavy atom. The van der Waals surface area contributed by atoms with E-state index in [1.807, 2.05) is 0 Å². The number of rotatable bonds is 21. The van der Waals surface area contributed by atoms with Crippen LogP contribution in [0.25, 0.3) is 0 Å². The lowest BCUT2D eigenvalue weighted by Gasteiger charge is -2.08. The molecule has 8 nitrogen and oxygen atoms in total.